The van der Waals surface area contributed by atoms with Gasteiger partial charge in [0.1, 0.15) is 11.4 Å². The van der Waals surface area contributed by atoms with E-state index in [-0.39, 0.29) is 24.1 Å². The van der Waals surface area contributed by atoms with Crippen molar-refractivity contribution in [2.24, 2.45) is 5.92 Å². The number of hydrogen-bond acceptors (Lipinski definition) is 5. The molecule has 1 saturated heterocycles. The Balaban J connectivity index is 1.62. The van der Waals surface area contributed by atoms with Gasteiger partial charge in [-0.3, -0.25) is 19.1 Å². The van der Waals surface area contributed by atoms with Gasteiger partial charge in [0.2, 0.25) is 0 Å². The monoisotopic (exact) mass is 538 g/mol. The van der Waals surface area contributed by atoms with Crippen LogP contribution in [0.4, 0.5) is 9.18 Å². The highest BCUT2D eigenvalue weighted by Crippen LogP contribution is 2.24. The molecule has 3 aromatic rings. The largest absolute Gasteiger partial charge is 0.444 e. The third-order valence-corrected chi connectivity index (χ3v) is 6.59. The van der Waals surface area contributed by atoms with Crippen LogP contribution in [0.5, 0.6) is 0 Å². The van der Waals surface area contributed by atoms with Gasteiger partial charge in [0.05, 0.1) is 29.1 Å². The average Bonchev–Trinajstić information content (AvgIpc) is 3.35. The molecule has 0 bridgehead atoms. The molecular weight excluding hydrogens is 503 g/mol. The number of nitrogens with one attached hydrogen (secondary N) is 1. The summed E-state index contributed by atoms with van der Waals surface area (Å²) in [5.41, 5.74) is -0.839. The number of H-pyrrole nitrogens is 1. The van der Waals surface area contributed by atoms with Crippen molar-refractivity contribution >= 4 is 22.9 Å². The Bertz CT molecular complexity index is 1500. The number of para-hydroxylation sites is 1. The molecule has 208 valence electrons. The first-order valence-corrected chi connectivity index (χ1v) is 13.1. The molecule has 1 N–H and O–H groups in total. The van der Waals surface area contributed by atoms with E-state index in [9.17, 15) is 19.2 Å². The Kier molecular flexibility index (Phi) is 7.94. The Labute approximate surface area is 226 Å². The minimum Gasteiger partial charge on any atom is -0.444 e. The second kappa shape index (κ2) is 11.0. The Morgan fingerprint density at radius 3 is 2.56 bits per heavy atom. The Morgan fingerprint density at radius 1 is 1.15 bits per heavy atom. The molecule has 2 heterocycles. The molecule has 0 radical (unpaired) electrons. The summed E-state index contributed by atoms with van der Waals surface area (Å²) in [5, 5.41) is 0.356. The summed E-state index contributed by atoms with van der Waals surface area (Å²) >= 11 is 0. The van der Waals surface area contributed by atoms with Crippen LogP contribution in [0.2, 0.25) is 0 Å². The molecular formula is C29H35FN4O5. The number of benzene rings is 2. The standard InChI is InChI=1S/C29H35FN4O5/c1-18(2)15-33(20-12-13-32(17-20)28(38)39-29(3,4)5)26(36)22-14-19(10-11-23(22)30)16-34-24-9-7-6-8-21(24)25(35)31-27(34)37/h6-11,14,18,20H,12-13,15-17H2,1-5H3,(H,31,35,37). The van der Waals surface area contributed by atoms with E-state index in [1.54, 1.807) is 54.8 Å². The lowest BCUT2D eigenvalue weighted by atomic mass is 10.1. The number of fused-ring (bicyclic) bond motifs is 1. The van der Waals surface area contributed by atoms with E-state index in [0.29, 0.717) is 42.5 Å². The van der Waals surface area contributed by atoms with E-state index < -0.39 is 34.7 Å². The molecule has 1 aliphatic heterocycles. The van der Waals surface area contributed by atoms with Gasteiger partial charge in [0.15, 0.2) is 0 Å². The molecule has 1 fully saturated rings. The van der Waals surface area contributed by atoms with Gasteiger partial charge in [-0.05, 0) is 62.9 Å². The Hall–Kier alpha value is -3.95. The van der Waals surface area contributed by atoms with Crippen molar-refractivity contribution in [2.75, 3.05) is 19.6 Å². The van der Waals surface area contributed by atoms with Crippen molar-refractivity contribution in [3.63, 3.8) is 0 Å². The number of ether oxygens (including phenoxy) is 1. The van der Waals surface area contributed by atoms with Gasteiger partial charge < -0.3 is 14.5 Å². The number of carbonyl (C=O) groups excluding carboxylic acids is 2. The van der Waals surface area contributed by atoms with E-state index >= 15 is 4.39 Å². The molecule has 0 spiro atoms. The van der Waals surface area contributed by atoms with E-state index in [0.717, 1.165) is 0 Å². The number of nitrogens with zero attached hydrogens (tertiary/aromatic N) is 3. The fourth-order valence-electron chi connectivity index (χ4n) is 4.85. The molecule has 1 unspecified atom stereocenters. The van der Waals surface area contributed by atoms with Crippen LogP contribution in [0.3, 0.4) is 0 Å². The zero-order chi connectivity index (χ0) is 28.5. The molecule has 1 atom stereocenters. The van der Waals surface area contributed by atoms with Crippen LogP contribution in [-0.4, -0.2) is 62.6 Å². The van der Waals surface area contributed by atoms with Crippen molar-refractivity contribution in [1.82, 2.24) is 19.4 Å². The number of halogens is 1. The summed E-state index contributed by atoms with van der Waals surface area (Å²) in [5.74, 6) is -1.03. The number of amides is 2. The molecule has 2 aromatic carbocycles. The molecule has 0 aliphatic carbocycles. The van der Waals surface area contributed by atoms with Crippen molar-refractivity contribution < 1.29 is 18.7 Å². The minimum atomic E-state index is -0.668. The van der Waals surface area contributed by atoms with Crippen molar-refractivity contribution in [3.05, 3.63) is 80.2 Å². The van der Waals surface area contributed by atoms with E-state index in [4.69, 9.17) is 4.74 Å². The summed E-state index contributed by atoms with van der Waals surface area (Å²) in [7, 11) is 0. The number of rotatable bonds is 6. The van der Waals surface area contributed by atoms with Gasteiger partial charge >= 0.3 is 11.8 Å². The second-order valence-corrected chi connectivity index (χ2v) is 11.4. The number of carbonyl (C=O) groups is 2. The SMILES string of the molecule is CC(C)CN(C(=O)c1cc(Cn2c(=O)[nH]c(=O)c3ccccc32)ccc1F)C1CCN(C(=O)OC(C)(C)C)C1. The highest BCUT2D eigenvalue weighted by Gasteiger charge is 2.36. The summed E-state index contributed by atoms with van der Waals surface area (Å²) in [6.45, 7) is 10.5. The van der Waals surface area contributed by atoms with Crippen LogP contribution < -0.4 is 11.2 Å². The fourth-order valence-corrected chi connectivity index (χ4v) is 4.85. The maximum Gasteiger partial charge on any atom is 0.410 e. The molecule has 9 nitrogen and oxygen atoms in total. The van der Waals surface area contributed by atoms with Crippen LogP contribution >= 0.6 is 0 Å². The summed E-state index contributed by atoms with van der Waals surface area (Å²) in [6, 6.07) is 10.6. The third kappa shape index (κ3) is 6.38. The fraction of sp³-hybridized carbons (Fsp3) is 0.448. The van der Waals surface area contributed by atoms with Gasteiger partial charge in [-0.25, -0.2) is 14.0 Å². The van der Waals surface area contributed by atoms with Crippen molar-refractivity contribution in [1.29, 1.82) is 0 Å². The molecule has 1 aromatic heterocycles. The molecule has 2 amide bonds. The highest BCUT2D eigenvalue weighted by molar-refractivity contribution is 5.95. The number of aromatic amines is 1. The van der Waals surface area contributed by atoms with Gasteiger partial charge in [-0.2, -0.15) is 0 Å². The van der Waals surface area contributed by atoms with Gasteiger partial charge in [-0.1, -0.05) is 32.0 Å². The number of aromatic nitrogens is 2. The predicted octanol–water partition coefficient (Wildman–Crippen LogP) is 3.98. The lowest BCUT2D eigenvalue weighted by Gasteiger charge is -2.31. The number of hydrogen-bond donors (Lipinski definition) is 1. The summed E-state index contributed by atoms with van der Waals surface area (Å²) in [6.07, 6.45) is 0.117. The first-order chi connectivity index (χ1) is 18.3. The molecule has 0 saturated carbocycles. The summed E-state index contributed by atoms with van der Waals surface area (Å²) in [4.78, 5) is 56.7. The molecule has 1 aliphatic rings. The van der Waals surface area contributed by atoms with Gasteiger partial charge in [-0.15, -0.1) is 0 Å². The molecule has 4 rings (SSSR count). The molecule has 39 heavy (non-hydrogen) atoms. The lowest BCUT2D eigenvalue weighted by Crippen LogP contribution is -2.45. The highest BCUT2D eigenvalue weighted by atomic mass is 19.1. The minimum absolute atomic E-state index is 0.0384. The lowest BCUT2D eigenvalue weighted by molar-refractivity contribution is 0.0273. The van der Waals surface area contributed by atoms with Crippen molar-refractivity contribution in [3.8, 4) is 0 Å². The van der Waals surface area contributed by atoms with Crippen LogP contribution in [0, 0.1) is 11.7 Å². The van der Waals surface area contributed by atoms with Crippen LogP contribution in [0.1, 0.15) is 57.0 Å². The third-order valence-electron chi connectivity index (χ3n) is 6.59. The first-order valence-electron chi connectivity index (χ1n) is 13.1. The van der Waals surface area contributed by atoms with Crippen LogP contribution in [-0.2, 0) is 11.3 Å². The Morgan fingerprint density at radius 2 is 1.87 bits per heavy atom. The van der Waals surface area contributed by atoms with Crippen LogP contribution in [0.25, 0.3) is 10.9 Å². The van der Waals surface area contributed by atoms with E-state index in [1.807, 2.05) is 13.8 Å². The first kappa shape index (κ1) is 28.1. The van der Waals surface area contributed by atoms with Gasteiger partial charge in [0.25, 0.3) is 11.5 Å². The second-order valence-electron chi connectivity index (χ2n) is 11.4. The van der Waals surface area contributed by atoms with Gasteiger partial charge in [0, 0.05) is 19.6 Å². The smallest absolute Gasteiger partial charge is 0.410 e. The van der Waals surface area contributed by atoms with E-state index in [2.05, 4.69) is 4.98 Å². The summed E-state index contributed by atoms with van der Waals surface area (Å²) < 4.78 is 21.9. The maximum atomic E-state index is 15.1. The van der Waals surface area contributed by atoms with E-state index in [1.165, 1.54) is 22.8 Å². The normalized spacial score (nSPS) is 15.7. The average molecular weight is 539 g/mol. The molecule has 10 heteroatoms. The van der Waals surface area contributed by atoms with Crippen molar-refractivity contribution in [2.45, 2.75) is 59.2 Å². The van der Waals surface area contributed by atoms with Crippen LogP contribution in [0.15, 0.2) is 52.1 Å². The quantitative estimate of drug-likeness (QED) is 0.511. The topological polar surface area (TPSA) is 105 Å². The zero-order valence-electron chi connectivity index (χ0n) is 23.0. The number of likely N-dealkylation sites (tertiary alicyclic amines) is 1. The predicted molar refractivity (Wildman–Crippen MR) is 146 cm³/mol. The maximum absolute atomic E-state index is 15.1. The zero-order valence-corrected chi connectivity index (χ0v) is 23.0.